The summed E-state index contributed by atoms with van der Waals surface area (Å²) in [4.78, 5) is 19.7. The normalized spacial score (nSPS) is 18.9. The van der Waals surface area contributed by atoms with Crippen LogP contribution in [0, 0.1) is 0 Å². The highest BCUT2D eigenvalue weighted by atomic mass is 79.9. The lowest BCUT2D eigenvalue weighted by Crippen LogP contribution is -2.38. The maximum atomic E-state index is 12.9. The van der Waals surface area contributed by atoms with Crippen LogP contribution in [0.1, 0.15) is 16.8 Å². The standard InChI is InChI=1S/C17H17BrN2O3S2/c1-20(13-8-10-25(22,23)11-13)17(21)15-3-2-9-19-16(15)24-14-6-4-12(18)5-7-14/h2-7,9,13H,8,10-11H2,1H3. The lowest BCUT2D eigenvalue weighted by atomic mass is 10.2. The molecule has 1 amide bonds. The summed E-state index contributed by atoms with van der Waals surface area (Å²) >= 11 is 4.81. The first-order chi connectivity index (χ1) is 11.9. The van der Waals surface area contributed by atoms with Gasteiger partial charge in [0.1, 0.15) is 5.03 Å². The average Bonchev–Trinajstić information content (AvgIpc) is 2.96. The molecule has 1 aromatic heterocycles. The van der Waals surface area contributed by atoms with Gasteiger partial charge in [0, 0.05) is 28.7 Å². The number of benzene rings is 1. The second kappa shape index (κ2) is 7.47. The predicted octanol–water partition coefficient (Wildman–Crippen LogP) is 3.25. The minimum atomic E-state index is -3.04. The van der Waals surface area contributed by atoms with Gasteiger partial charge in [0.2, 0.25) is 0 Å². The number of aromatic nitrogens is 1. The van der Waals surface area contributed by atoms with Crippen molar-refractivity contribution >= 4 is 43.4 Å². The third-order valence-corrected chi connectivity index (χ3v) is 7.41. The highest BCUT2D eigenvalue weighted by Crippen LogP contribution is 2.30. The third kappa shape index (κ3) is 4.43. The number of rotatable bonds is 4. The smallest absolute Gasteiger partial charge is 0.256 e. The van der Waals surface area contributed by atoms with Crippen molar-refractivity contribution in [1.29, 1.82) is 0 Å². The lowest BCUT2D eigenvalue weighted by molar-refractivity contribution is 0.0743. The maximum Gasteiger partial charge on any atom is 0.256 e. The van der Waals surface area contributed by atoms with E-state index in [1.54, 1.807) is 25.4 Å². The molecule has 25 heavy (non-hydrogen) atoms. The molecular formula is C17H17BrN2O3S2. The van der Waals surface area contributed by atoms with E-state index in [1.807, 2.05) is 24.3 Å². The molecule has 0 N–H and O–H groups in total. The molecule has 1 aliphatic heterocycles. The van der Waals surface area contributed by atoms with Crippen LogP contribution in [0.4, 0.5) is 0 Å². The SMILES string of the molecule is CN(C(=O)c1cccnc1Sc1ccc(Br)cc1)C1CCS(=O)(=O)C1. The molecule has 0 bridgehead atoms. The molecule has 1 unspecified atom stereocenters. The molecular weight excluding hydrogens is 424 g/mol. The molecule has 1 fully saturated rings. The van der Waals surface area contributed by atoms with Crippen molar-refractivity contribution in [3.63, 3.8) is 0 Å². The van der Waals surface area contributed by atoms with Crippen LogP contribution in [0.25, 0.3) is 0 Å². The molecule has 1 aliphatic rings. The zero-order valence-electron chi connectivity index (χ0n) is 13.6. The van der Waals surface area contributed by atoms with Crippen molar-refractivity contribution in [2.45, 2.75) is 22.4 Å². The molecule has 1 atom stereocenters. The van der Waals surface area contributed by atoms with Gasteiger partial charge >= 0.3 is 0 Å². The van der Waals surface area contributed by atoms with E-state index in [2.05, 4.69) is 20.9 Å². The van der Waals surface area contributed by atoms with Crippen molar-refractivity contribution in [2.24, 2.45) is 0 Å². The second-order valence-electron chi connectivity index (χ2n) is 5.89. The molecule has 132 valence electrons. The Bertz CT molecular complexity index is 885. The zero-order valence-corrected chi connectivity index (χ0v) is 16.8. The topological polar surface area (TPSA) is 67.3 Å². The largest absolute Gasteiger partial charge is 0.338 e. The summed E-state index contributed by atoms with van der Waals surface area (Å²) in [5.74, 6) is -0.0251. The summed E-state index contributed by atoms with van der Waals surface area (Å²) in [6.07, 6.45) is 2.14. The summed E-state index contributed by atoms with van der Waals surface area (Å²) in [6.45, 7) is 0. The number of hydrogen-bond acceptors (Lipinski definition) is 5. The number of sulfone groups is 1. The summed E-state index contributed by atoms with van der Waals surface area (Å²) < 4.78 is 24.3. The van der Waals surface area contributed by atoms with E-state index < -0.39 is 9.84 Å². The monoisotopic (exact) mass is 440 g/mol. The van der Waals surface area contributed by atoms with E-state index in [4.69, 9.17) is 0 Å². The van der Waals surface area contributed by atoms with Gasteiger partial charge in [0.05, 0.1) is 17.1 Å². The summed E-state index contributed by atoms with van der Waals surface area (Å²) in [5.41, 5.74) is 0.488. The molecule has 0 saturated carbocycles. The minimum Gasteiger partial charge on any atom is -0.338 e. The fourth-order valence-corrected chi connectivity index (χ4v) is 5.60. The van der Waals surface area contributed by atoms with Gasteiger partial charge in [-0.15, -0.1) is 0 Å². The summed E-state index contributed by atoms with van der Waals surface area (Å²) in [5, 5.41) is 0.613. The van der Waals surface area contributed by atoms with E-state index >= 15 is 0 Å². The Morgan fingerprint density at radius 2 is 2.00 bits per heavy atom. The quantitative estimate of drug-likeness (QED) is 0.729. The highest BCUT2D eigenvalue weighted by molar-refractivity contribution is 9.10. The van der Waals surface area contributed by atoms with E-state index in [1.165, 1.54) is 16.7 Å². The Kier molecular flexibility index (Phi) is 5.50. The Morgan fingerprint density at radius 3 is 2.64 bits per heavy atom. The predicted molar refractivity (Wildman–Crippen MR) is 102 cm³/mol. The summed E-state index contributed by atoms with van der Waals surface area (Å²) in [7, 11) is -1.38. The van der Waals surface area contributed by atoms with E-state index in [0.29, 0.717) is 17.0 Å². The van der Waals surface area contributed by atoms with Crippen molar-refractivity contribution < 1.29 is 13.2 Å². The third-order valence-electron chi connectivity index (χ3n) is 4.11. The highest BCUT2D eigenvalue weighted by Gasteiger charge is 2.33. The molecule has 2 aromatic rings. The van der Waals surface area contributed by atoms with Crippen LogP contribution in [0.5, 0.6) is 0 Å². The first-order valence-electron chi connectivity index (χ1n) is 7.72. The minimum absolute atomic E-state index is 0.0324. The zero-order chi connectivity index (χ0) is 18.0. The van der Waals surface area contributed by atoms with Crippen LogP contribution in [0.15, 0.2) is 57.0 Å². The van der Waals surface area contributed by atoms with Crippen LogP contribution < -0.4 is 0 Å². The van der Waals surface area contributed by atoms with Crippen LogP contribution in [-0.2, 0) is 9.84 Å². The average molecular weight is 441 g/mol. The Balaban J connectivity index is 1.82. The van der Waals surface area contributed by atoms with Gasteiger partial charge in [-0.25, -0.2) is 13.4 Å². The van der Waals surface area contributed by atoms with Gasteiger partial charge in [-0.05, 0) is 42.8 Å². The molecule has 3 rings (SSSR count). The number of hydrogen-bond donors (Lipinski definition) is 0. The first-order valence-corrected chi connectivity index (χ1v) is 11.1. The first kappa shape index (κ1) is 18.4. The fraction of sp³-hybridized carbons (Fsp3) is 0.294. The van der Waals surface area contributed by atoms with Crippen molar-refractivity contribution in [3.05, 3.63) is 52.6 Å². The van der Waals surface area contributed by atoms with Crippen LogP contribution in [0.2, 0.25) is 0 Å². The van der Waals surface area contributed by atoms with Gasteiger partial charge in [-0.2, -0.15) is 0 Å². The number of nitrogens with zero attached hydrogens (tertiary/aromatic N) is 2. The Hall–Kier alpha value is -1.38. The van der Waals surface area contributed by atoms with Gasteiger partial charge in [-0.3, -0.25) is 4.79 Å². The molecule has 8 heteroatoms. The Morgan fingerprint density at radius 1 is 1.28 bits per heavy atom. The molecule has 0 aliphatic carbocycles. The van der Waals surface area contributed by atoms with E-state index in [-0.39, 0.29) is 23.5 Å². The second-order valence-corrected chi connectivity index (χ2v) is 10.1. The van der Waals surface area contributed by atoms with Gasteiger partial charge in [-0.1, -0.05) is 27.7 Å². The number of carbonyl (C=O) groups is 1. The van der Waals surface area contributed by atoms with Crippen molar-refractivity contribution in [2.75, 3.05) is 18.6 Å². The van der Waals surface area contributed by atoms with Crippen LogP contribution in [-0.4, -0.2) is 48.8 Å². The van der Waals surface area contributed by atoms with E-state index in [9.17, 15) is 13.2 Å². The van der Waals surface area contributed by atoms with E-state index in [0.717, 1.165) is 9.37 Å². The molecule has 2 heterocycles. The van der Waals surface area contributed by atoms with Crippen LogP contribution >= 0.6 is 27.7 Å². The lowest BCUT2D eigenvalue weighted by Gasteiger charge is -2.24. The van der Waals surface area contributed by atoms with Crippen LogP contribution in [0.3, 0.4) is 0 Å². The number of carbonyl (C=O) groups excluding carboxylic acids is 1. The number of amides is 1. The number of halogens is 1. The van der Waals surface area contributed by atoms with Crippen molar-refractivity contribution in [1.82, 2.24) is 9.88 Å². The van der Waals surface area contributed by atoms with Gasteiger partial charge in [0.25, 0.3) is 5.91 Å². The molecule has 1 saturated heterocycles. The Labute approximate surface area is 159 Å². The van der Waals surface area contributed by atoms with Crippen molar-refractivity contribution in [3.8, 4) is 0 Å². The molecule has 1 aromatic carbocycles. The number of pyridine rings is 1. The maximum absolute atomic E-state index is 12.9. The van der Waals surface area contributed by atoms with Gasteiger partial charge in [0.15, 0.2) is 9.84 Å². The molecule has 0 spiro atoms. The molecule has 5 nitrogen and oxygen atoms in total. The summed E-state index contributed by atoms with van der Waals surface area (Å²) in [6, 6.07) is 10.9. The fourth-order valence-electron chi connectivity index (χ4n) is 2.69. The molecule has 0 radical (unpaired) electrons. The van der Waals surface area contributed by atoms with Gasteiger partial charge < -0.3 is 4.90 Å².